The summed E-state index contributed by atoms with van der Waals surface area (Å²) in [4.78, 5) is 2.32. The lowest BCUT2D eigenvalue weighted by Crippen LogP contribution is -2.09. The van der Waals surface area contributed by atoms with Crippen molar-refractivity contribution in [2.75, 3.05) is 4.90 Å². The highest BCUT2D eigenvalue weighted by atomic mass is 15.1. The molecule has 0 fully saturated rings. The van der Waals surface area contributed by atoms with Crippen LogP contribution >= 0.6 is 0 Å². The average molecular weight is 765 g/mol. The van der Waals surface area contributed by atoms with E-state index < -0.39 is 0 Å². The molecule has 2 nitrogen and oxygen atoms in total. The Balaban J connectivity index is 1.07. The smallest absolute Gasteiger partial charge is 0.0541 e. The van der Waals surface area contributed by atoms with E-state index >= 15 is 0 Å². The Bertz CT molecular complexity index is 3260. The molecule has 0 saturated carbocycles. The van der Waals surface area contributed by atoms with Gasteiger partial charge in [0.1, 0.15) is 0 Å². The maximum atomic E-state index is 2.45. The van der Waals surface area contributed by atoms with Gasteiger partial charge in [0.15, 0.2) is 0 Å². The van der Waals surface area contributed by atoms with Crippen LogP contribution in [0.4, 0.5) is 17.1 Å². The molecule has 11 rings (SSSR count). The van der Waals surface area contributed by atoms with E-state index in [1.54, 1.807) is 0 Å². The second-order valence-corrected chi connectivity index (χ2v) is 15.3. The molecule has 282 valence electrons. The molecule has 0 amide bonds. The number of para-hydroxylation sites is 3. The van der Waals surface area contributed by atoms with Crippen LogP contribution in [-0.4, -0.2) is 4.57 Å². The summed E-state index contributed by atoms with van der Waals surface area (Å²) in [7, 11) is 0. The summed E-state index contributed by atoms with van der Waals surface area (Å²) in [5.41, 5.74) is 16.4. The fraction of sp³-hybridized carbons (Fsp3) is 0. The first-order valence-corrected chi connectivity index (χ1v) is 20.6. The number of anilines is 3. The molecule has 10 aromatic carbocycles. The van der Waals surface area contributed by atoms with Crippen LogP contribution in [0.2, 0.25) is 0 Å². The minimum atomic E-state index is 1.11. The SMILES string of the molecule is c1ccc(-c2cc(-c3cccc4ccccc34)cc(-n3c4ccccc4c4cc(-c5ccccc5-c5cccc(N(c6ccccc6)c6ccccc6)c5)ccc43)c2)cc1. The van der Waals surface area contributed by atoms with Crippen molar-refractivity contribution < 1.29 is 0 Å². The number of nitrogens with zero attached hydrogens (tertiary/aromatic N) is 2. The van der Waals surface area contributed by atoms with Gasteiger partial charge in [-0.1, -0.05) is 170 Å². The fourth-order valence-corrected chi connectivity index (χ4v) is 8.99. The van der Waals surface area contributed by atoms with Gasteiger partial charge in [-0.25, -0.2) is 0 Å². The Labute approximate surface area is 350 Å². The first-order chi connectivity index (χ1) is 29.8. The maximum Gasteiger partial charge on any atom is 0.0541 e. The molecular formula is C58H40N2. The summed E-state index contributed by atoms with van der Waals surface area (Å²) in [5, 5.41) is 4.94. The third kappa shape index (κ3) is 6.32. The molecule has 0 radical (unpaired) electrons. The van der Waals surface area contributed by atoms with Gasteiger partial charge in [-0.05, 0) is 128 Å². The van der Waals surface area contributed by atoms with Gasteiger partial charge in [0.25, 0.3) is 0 Å². The highest BCUT2D eigenvalue weighted by Gasteiger charge is 2.18. The van der Waals surface area contributed by atoms with Crippen LogP contribution in [0.15, 0.2) is 243 Å². The molecular weight excluding hydrogens is 725 g/mol. The van der Waals surface area contributed by atoms with Gasteiger partial charge in [0.2, 0.25) is 0 Å². The molecule has 60 heavy (non-hydrogen) atoms. The lowest BCUT2D eigenvalue weighted by molar-refractivity contribution is 1.18. The standard InChI is InChI=1S/C58H40N2/c1-4-18-41(19-5-1)45-36-46(54-32-17-21-42-20-10-11-28-51(42)54)39-50(38-45)60-57-33-15-14-31-55(57)56-40-44(34-35-58(56)60)53-30-13-12-29-52(53)43-22-16-27-49(37-43)59(47-23-6-2-7-24-47)48-25-8-3-9-26-48/h1-40H. The van der Waals surface area contributed by atoms with Crippen molar-refractivity contribution >= 4 is 49.6 Å². The van der Waals surface area contributed by atoms with Gasteiger partial charge in [0.05, 0.1) is 11.0 Å². The van der Waals surface area contributed by atoms with Crippen LogP contribution < -0.4 is 4.90 Å². The number of benzene rings is 10. The van der Waals surface area contributed by atoms with Gasteiger partial charge < -0.3 is 9.47 Å². The van der Waals surface area contributed by atoms with Gasteiger partial charge >= 0.3 is 0 Å². The number of hydrogen-bond donors (Lipinski definition) is 0. The van der Waals surface area contributed by atoms with E-state index in [2.05, 4.69) is 252 Å². The third-order valence-corrected chi connectivity index (χ3v) is 11.7. The fourth-order valence-electron chi connectivity index (χ4n) is 8.99. The van der Waals surface area contributed by atoms with Crippen molar-refractivity contribution in [2.24, 2.45) is 0 Å². The van der Waals surface area contributed by atoms with Crippen molar-refractivity contribution in [1.82, 2.24) is 4.57 Å². The summed E-state index contributed by atoms with van der Waals surface area (Å²) >= 11 is 0. The normalized spacial score (nSPS) is 11.3. The third-order valence-electron chi connectivity index (χ3n) is 11.7. The molecule has 0 aliphatic carbocycles. The van der Waals surface area contributed by atoms with Crippen molar-refractivity contribution in [2.45, 2.75) is 0 Å². The Morgan fingerprint density at radius 3 is 1.53 bits per heavy atom. The molecule has 0 bridgehead atoms. The molecule has 1 heterocycles. The zero-order valence-electron chi connectivity index (χ0n) is 33.0. The molecule has 0 aliphatic heterocycles. The zero-order valence-corrected chi connectivity index (χ0v) is 33.0. The van der Waals surface area contributed by atoms with Crippen molar-refractivity contribution in [1.29, 1.82) is 0 Å². The van der Waals surface area contributed by atoms with Gasteiger partial charge in [-0.2, -0.15) is 0 Å². The Morgan fingerprint density at radius 1 is 0.267 bits per heavy atom. The van der Waals surface area contributed by atoms with Gasteiger partial charge in [0, 0.05) is 33.5 Å². The number of hydrogen-bond acceptors (Lipinski definition) is 1. The first kappa shape index (κ1) is 35.2. The van der Waals surface area contributed by atoms with E-state index in [1.807, 2.05) is 0 Å². The van der Waals surface area contributed by atoms with E-state index in [1.165, 1.54) is 77.1 Å². The van der Waals surface area contributed by atoms with Crippen LogP contribution in [0.3, 0.4) is 0 Å². The second kappa shape index (κ2) is 15.1. The van der Waals surface area contributed by atoms with Crippen molar-refractivity contribution in [3.05, 3.63) is 243 Å². The summed E-state index contributed by atoms with van der Waals surface area (Å²) in [6.45, 7) is 0. The van der Waals surface area contributed by atoms with Crippen molar-refractivity contribution in [3.8, 4) is 50.2 Å². The quantitative estimate of drug-likeness (QED) is 0.150. The molecule has 0 aliphatic rings. The molecule has 0 atom stereocenters. The first-order valence-electron chi connectivity index (χ1n) is 20.6. The lowest BCUT2D eigenvalue weighted by atomic mass is 9.93. The maximum absolute atomic E-state index is 2.45. The van der Waals surface area contributed by atoms with Crippen LogP contribution in [0, 0.1) is 0 Å². The highest BCUT2D eigenvalue weighted by Crippen LogP contribution is 2.42. The van der Waals surface area contributed by atoms with Crippen LogP contribution in [-0.2, 0) is 0 Å². The summed E-state index contributed by atoms with van der Waals surface area (Å²) < 4.78 is 2.45. The largest absolute Gasteiger partial charge is 0.310 e. The average Bonchev–Trinajstić information content (AvgIpc) is 3.66. The number of rotatable bonds is 8. The Hall–Kier alpha value is -7.94. The molecule has 11 aromatic rings. The van der Waals surface area contributed by atoms with Crippen molar-refractivity contribution in [3.63, 3.8) is 0 Å². The Kier molecular flexibility index (Phi) is 8.87. The molecule has 0 saturated heterocycles. The molecule has 0 unspecified atom stereocenters. The van der Waals surface area contributed by atoms with Gasteiger partial charge in [-0.3, -0.25) is 0 Å². The van der Waals surface area contributed by atoms with E-state index in [0.29, 0.717) is 0 Å². The second-order valence-electron chi connectivity index (χ2n) is 15.3. The van der Waals surface area contributed by atoms with E-state index in [4.69, 9.17) is 0 Å². The molecule has 0 N–H and O–H groups in total. The summed E-state index contributed by atoms with van der Waals surface area (Å²) in [6, 6.07) is 87.9. The minimum absolute atomic E-state index is 1.11. The number of fused-ring (bicyclic) bond motifs is 4. The zero-order chi connectivity index (χ0) is 39.8. The summed E-state index contributed by atoms with van der Waals surface area (Å²) in [6.07, 6.45) is 0. The lowest BCUT2D eigenvalue weighted by Gasteiger charge is -2.26. The molecule has 0 spiro atoms. The predicted molar refractivity (Wildman–Crippen MR) is 255 cm³/mol. The minimum Gasteiger partial charge on any atom is -0.310 e. The van der Waals surface area contributed by atoms with Crippen LogP contribution in [0.25, 0.3) is 82.8 Å². The van der Waals surface area contributed by atoms with E-state index in [9.17, 15) is 0 Å². The van der Waals surface area contributed by atoms with Gasteiger partial charge in [-0.15, -0.1) is 0 Å². The molecule has 1 aromatic heterocycles. The number of aromatic nitrogens is 1. The van der Waals surface area contributed by atoms with Crippen LogP contribution in [0.5, 0.6) is 0 Å². The van der Waals surface area contributed by atoms with E-state index in [-0.39, 0.29) is 0 Å². The Morgan fingerprint density at radius 2 is 0.783 bits per heavy atom. The van der Waals surface area contributed by atoms with E-state index in [0.717, 1.165) is 22.7 Å². The molecule has 2 heteroatoms. The topological polar surface area (TPSA) is 8.17 Å². The predicted octanol–water partition coefficient (Wildman–Crippen LogP) is 16.1. The monoisotopic (exact) mass is 764 g/mol. The summed E-state index contributed by atoms with van der Waals surface area (Å²) in [5.74, 6) is 0. The van der Waals surface area contributed by atoms with Crippen LogP contribution in [0.1, 0.15) is 0 Å². The highest BCUT2D eigenvalue weighted by molar-refractivity contribution is 6.11.